The van der Waals surface area contributed by atoms with Gasteiger partial charge in [0.15, 0.2) is 5.82 Å². The van der Waals surface area contributed by atoms with E-state index in [-0.39, 0.29) is 29.7 Å². The maximum atomic E-state index is 13.2. The zero-order valence-corrected chi connectivity index (χ0v) is 20.8. The summed E-state index contributed by atoms with van der Waals surface area (Å²) in [7, 11) is -2.51. The van der Waals surface area contributed by atoms with Gasteiger partial charge >= 0.3 is 0 Å². The van der Waals surface area contributed by atoms with Gasteiger partial charge in [-0.1, -0.05) is 44.1 Å². The first-order valence-electron chi connectivity index (χ1n) is 11.0. The van der Waals surface area contributed by atoms with Crippen molar-refractivity contribution in [1.82, 2.24) is 14.4 Å². The molecule has 0 aliphatic rings. The lowest BCUT2D eigenvalue weighted by Crippen LogP contribution is -2.38. The molecular formula is C24H30N4O5S. The van der Waals surface area contributed by atoms with E-state index in [2.05, 4.69) is 15.5 Å². The van der Waals surface area contributed by atoms with Crippen LogP contribution in [0.25, 0.3) is 0 Å². The number of amides is 1. The molecule has 2 aromatic carbocycles. The van der Waals surface area contributed by atoms with Crippen molar-refractivity contribution in [2.75, 3.05) is 25.5 Å². The number of benzene rings is 2. The number of ether oxygens (including phenoxy) is 1. The normalized spacial score (nSPS) is 11.7. The average Bonchev–Trinajstić information content (AvgIpc) is 3.27. The topological polar surface area (TPSA) is 115 Å². The van der Waals surface area contributed by atoms with Gasteiger partial charge in [0.2, 0.25) is 21.8 Å². The molecule has 1 aromatic heterocycles. The van der Waals surface area contributed by atoms with Gasteiger partial charge in [-0.05, 0) is 42.3 Å². The Morgan fingerprint density at radius 1 is 1.18 bits per heavy atom. The van der Waals surface area contributed by atoms with Crippen molar-refractivity contribution < 1.29 is 22.5 Å². The first kappa shape index (κ1) is 25.4. The van der Waals surface area contributed by atoms with Gasteiger partial charge in [-0.15, -0.1) is 0 Å². The minimum absolute atomic E-state index is 0.0380. The zero-order valence-electron chi connectivity index (χ0n) is 20.0. The lowest BCUT2D eigenvalue weighted by Gasteiger charge is -2.21. The second-order valence-corrected chi connectivity index (χ2v) is 10.1. The molecule has 0 atom stereocenters. The van der Waals surface area contributed by atoms with Gasteiger partial charge in [-0.25, -0.2) is 8.42 Å². The quantitative estimate of drug-likeness (QED) is 0.464. The highest BCUT2D eigenvalue weighted by molar-refractivity contribution is 7.89. The van der Waals surface area contributed by atoms with Gasteiger partial charge in [0.05, 0.1) is 13.7 Å². The van der Waals surface area contributed by atoms with E-state index in [9.17, 15) is 13.2 Å². The van der Waals surface area contributed by atoms with Gasteiger partial charge in [-0.2, -0.15) is 9.29 Å². The number of hydrogen-bond donors (Lipinski definition) is 1. The third kappa shape index (κ3) is 6.00. The number of nitrogens with zero attached hydrogens (tertiary/aromatic N) is 3. The smallest absolute Gasteiger partial charge is 0.247 e. The lowest BCUT2D eigenvalue weighted by atomic mass is 10.1. The van der Waals surface area contributed by atoms with E-state index < -0.39 is 15.9 Å². The van der Waals surface area contributed by atoms with E-state index in [0.717, 1.165) is 15.4 Å². The standard InChI is InChI=1S/C24H30N4O5S/c1-6-28(34(30,31)21-13-17(4)7-12-20(21)32-5)15-23(29)25-19-10-8-18(9-11-19)14-22-26-24(16(2)3)33-27-22/h7-13,16H,6,14-15H2,1-5H3,(H,25,29). The Hall–Kier alpha value is -3.24. The van der Waals surface area contributed by atoms with Gasteiger partial charge in [0.25, 0.3) is 0 Å². The monoisotopic (exact) mass is 486 g/mol. The summed E-state index contributed by atoms with van der Waals surface area (Å²) in [5.41, 5.74) is 2.30. The van der Waals surface area contributed by atoms with Crippen molar-refractivity contribution in [2.24, 2.45) is 0 Å². The molecule has 0 aliphatic carbocycles. The Balaban J connectivity index is 1.66. The number of sulfonamides is 1. The molecule has 9 nitrogen and oxygen atoms in total. The van der Waals surface area contributed by atoms with E-state index >= 15 is 0 Å². The fourth-order valence-corrected chi connectivity index (χ4v) is 4.96. The molecule has 0 saturated carbocycles. The van der Waals surface area contributed by atoms with Crippen LogP contribution in [0.1, 0.15) is 49.5 Å². The first-order valence-corrected chi connectivity index (χ1v) is 12.4. The van der Waals surface area contributed by atoms with Gasteiger partial charge < -0.3 is 14.6 Å². The van der Waals surface area contributed by atoms with Crippen LogP contribution in [0.3, 0.4) is 0 Å². The number of carbonyl (C=O) groups is 1. The Morgan fingerprint density at radius 2 is 1.88 bits per heavy atom. The molecule has 0 aliphatic heterocycles. The van der Waals surface area contributed by atoms with Crippen molar-refractivity contribution in [1.29, 1.82) is 0 Å². The molecule has 0 fully saturated rings. The van der Waals surface area contributed by atoms with Crippen LogP contribution in [0.4, 0.5) is 5.69 Å². The minimum Gasteiger partial charge on any atom is -0.495 e. The van der Waals surface area contributed by atoms with Crippen LogP contribution in [-0.4, -0.2) is 49.0 Å². The molecule has 1 amide bonds. The molecule has 0 spiro atoms. The predicted octanol–water partition coefficient (Wildman–Crippen LogP) is 3.75. The van der Waals surface area contributed by atoms with E-state index in [1.54, 1.807) is 44.2 Å². The highest BCUT2D eigenvalue weighted by Crippen LogP contribution is 2.27. The summed E-state index contributed by atoms with van der Waals surface area (Å²) in [5, 5.41) is 6.74. The van der Waals surface area contributed by atoms with Crippen LogP contribution in [0.2, 0.25) is 0 Å². The van der Waals surface area contributed by atoms with Crippen LogP contribution in [-0.2, 0) is 21.2 Å². The first-order chi connectivity index (χ1) is 16.1. The third-order valence-electron chi connectivity index (χ3n) is 5.19. The molecule has 182 valence electrons. The molecule has 34 heavy (non-hydrogen) atoms. The van der Waals surface area contributed by atoms with Crippen LogP contribution >= 0.6 is 0 Å². The number of carbonyl (C=O) groups excluding carboxylic acids is 1. The van der Waals surface area contributed by atoms with Gasteiger partial charge in [0, 0.05) is 24.6 Å². The molecule has 0 saturated heterocycles. The molecule has 0 bridgehead atoms. The van der Waals surface area contributed by atoms with Crippen molar-refractivity contribution in [3.63, 3.8) is 0 Å². The summed E-state index contributed by atoms with van der Waals surface area (Å²) < 4.78 is 38.0. The summed E-state index contributed by atoms with van der Waals surface area (Å²) in [6.45, 7) is 7.26. The van der Waals surface area contributed by atoms with E-state index in [0.29, 0.717) is 23.8 Å². The van der Waals surface area contributed by atoms with Crippen molar-refractivity contribution >= 4 is 21.6 Å². The molecule has 10 heteroatoms. The van der Waals surface area contributed by atoms with Crippen LogP contribution in [0.15, 0.2) is 51.9 Å². The number of hydrogen-bond acceptors (Lipinski definition) is 7. The van der Waals surface area contributed by atoms with E-state index in [1.807, 2.05) is 26.0 Å². The summed E-state index contributed by atoms with van der Waals surface area (Å²) in [4.78, 5) is 17.0. The Morgan fingerprint density at radius 3 is 2.47 bits per heavy atom. The van der Waals surface area contributed by atoms with Crippen LogP contribution < -0.4 is 10.1 Å². The number of rotatable bonds is 10. The SMILES string of the molecule is CCN(CC(=O)Nc1ccc(Cc2noc(C(C)C)n2)cc1)S(=O)(=O)c1cc(C)ccc1OC. The predicted molar refractivity (Wildman–Crippen MR) is 128 cm³/mol. The Bertz CT molecular complexity index is 1240. The van der Waals surface area contributed by atoms with Crippen LogP contribution in [0.5, 0.6) is 5.75 Å². The third-order valence-corrected chi connectivity index (χ3v) is 7.13. The molecule has 3 aromatic rings. The van der Waals surface area contributed by atoms with Crippen molar-refractivity contribution in [3.8, 4) is 5.75 Å². The summed E-state index contributed by atoms with van der Waals surface area (Å²) in [6, 6.07) is 12.1. The highest BCUT2D eigenvalue weighted by atomic mass is 32.2. The fourth-order valence-electron chi connectivity index (χ4n) is 3.31. The molecule has 3 rings (SSSR count). The second-order valence-electron chi connectivity index (χ2n) is 8.21. The maximum absolute atomic E-state index is 13.2. The number of methoxy groups -OCH3 is 1. The van der Waals surface area contributed by atoms with E-state index in [4.69, 9.17) is 9.26 Å². The highest BCUT2D eigenvalue weighted by Gasteiger charge is 2.28. The zero-order chi connectivity index (χ0) is 24.9. The maximum Gasteiger partial charge on any atom is 0.247 e. The number of likely N-dealkylation sites (N-methyl/N-ethyl adjacent to an activating group) is 1. The summed E-state index contributed by atoms with van der Waals surface area (Å²) >= 11 is 0. The van der Waals surface area contributed by atoms with Gasteiger partial charge in [-0.3, -0.25) is 4.79 Å². The molecular weight excluding hydrogens is 456 g/mol. The number of aromatic nitrogens is 2. The average molecular weight is 487 g/mol. The second kappa shape index (κ2) is 10.8. The summed E-state index contributed by atoms with van der Waals surface area (Å²) in [6.07, 6.45) is 0.505. The van der Waals surface area contributed by atoms with Crippen LogP contribution in [0, 0.1) is 6.92 Å². The van der Waals surface area contributed by atoms with Crippen molar-refractivity contribution in [2.45, 2.75) is 44.9 Å². The number of nitrogens with one attached hydrogen (secondary N) is 1. The molecule has 1 N–H and O–H groups in total. The molecule has 0 unspecified atom stereocenters. The Labute approximate surface area is 200 Å². The largest absolute Gasteiger partial charge is 0.495 e. The Kier molecular flexibility index (Phi) is 8.06. The van der Waals surface area contributed by atoms with Crippen molar-refractivity contribution in [3.05, 3.63) is 65.3 Å². The van der Waals surface area contributed by atoms with Gasteiger partial charge in [0.1, 0.15) is 10.6 Å². The fraction of sp³-hybridized carbons (Fsp3) is 0.375. The number of anilines is 1. The number of aryl methyl sites for hydroxylation is 1. The lowest BCUT2D eigenvalue weighted by molar-refractivity contribution is -0.116. The molecule has 0 radical (unpaired) electrons. The summed E-state index contributed by atoms with van der Waals surface area (Å²) in [5.74, 6) is 1.15. The minimum atomic E-state index is -3.92. The molecule has 1 heterocycles. The van der Waals surface area contributed by atoms with E-state index in [1.165, 1.54) is 7.11 Å².